The first-order chi connectivity index (χ1) is 12.0. The minimum Gasteiger partial charge on any atom is -0.412 e. The number of hydrogen-bond donors (Lipinski definition) is 0. The van der Waals surface area contributed by atoms with E-state index in [0.29, 0.717) is 19.5 Å². The zero-order chi connectivity index (χ0) is 17.7. The van der Waals surface area contributed by atoms with Gasteiger partial charge in [0.2, 0.25) is 21.6 Å². The average Bonchev–Trinajstić information content (AvgIpc) is 2.90. The van der Waals surface area contributed by atoms with Gasteiger partial charge in [0.05, 0.1) is 6.42 Å². The molecule has 8 heteroatoms. The number of benzene rings is 1. The second-order valence-electron chi connectivity index (χ2n) is 6.18. The molecule has 0 N–H and O–H groups in total. The van der Waals surface area contributed by atoms with Gasteiger partial charge >= 0.3 is 5.22 Å². The lowest BCUT2D eigenvalue weighted by atomic mass is 10.2. The van der Waals surface area contributed by atoms with E-state index in [9.17, 15) is 13.2 Å². The summed E-state index contributed by atoms with van der Waals surface area (Å²) in [6.45, 7) is 1.22. The molecule has 134 valence electrons. The van der Waals surface area contributed by atoms with Gasteiger partial charge in [-0.3, -0.25) is 4.79 Å². The van der Waals surface area contributed by atoms with Gasteiger partial charge in [-0.2, -0.15) is 0 Å². The quantitative estimate of drug-likeness (QED) is 0.805. The van der Waals surface area contributed by atoms with Crippen LogP contribution in [-0.2, 0) is 21.1 Å². The molecule has 0 radical (unpaired) electrons. The molecule has 1 aromatic heterocycles. The molecule has 3 rings (SSSR count). The van der Waals surface area contributed by atoms with E-state index < -0.39 is 26.7 Å². The highest BCUT2D eigenvalue weighted by atomic mass is 32.2. The maximum atomic E-state index is 12.4. The van der Waals surface area contributed by atoms with E-state index in [-0.39, 0.29) is 5.89 Å². The van der Waals surface area contributed by atoms with E-state index in [1.54, 1.807) is 4.90 Å². The highest BCUT2D eigenvalue weighted by Crippen LogP contribution is 2.15. The van der Waals surface area contributed by atoms with E-state index in [1.165, 1.54) is 0 Å². The molecule has 0 saturated carbocycles. The van der Waals surface area contributed by atoms with E-state index in [4.69, 9.17) is 4.42 Å². The van der Waals surface area contributed by atoms with Gasteiger partial charge in [0.25, 0.3) is 0 Å². The summed E-state index contributed by atoms with van der Waals surface area (Å²) in [6.07, 6.45) is 4.32. The van der Waals surface area contributed by atoms with Crippen LogP contribution < -0.4 is 0 Å². The number of carbonyl (C=O) groups excluding carboxylic acids is 1. The van der Waals surface area contributed by atoms with Crippen LogP contribution in [0.2, 0.25) is 0 Å². The summed E-state index contributed by atoms with van der Waals surface area (Å²) in [7, 11) is -3.92. The lowest BCUT2D eigenvalue weighted by molar-refractivity contribution is -0.128. The standard InChI is InChI=1S/C17H21N3O4S/c21-16(20-10-6-1-2-7-11-20)13-25(22,23)17-19-18-15(24-17)12-14-8-4-3-5-9-14/h3-5,8-9H,1-2,6-7,10-13H2. The van der Waals surface area contributed by atoms with Crippen LogP contribution in [0.15, 0.2) is 40.0 Å². The Bertz CT molecular complexity index is 809. The second-order valence-corrected chi connectivity index (χ2v) is 8.05. The van der Waals surface area contributed by atoms with Crippen molar-refractivity contribution in [2.75, 3.05) is 18.8 Å². The zero-order valence-electron chi connectivity index (χ0n) is 13.9. The largest absolute Gasteiger partial charge is 0.412 e. The van der Waals surface area contributed by atoms with Crippen molar-refractivity contribution >= 4 is 15.7 Å². The van der Waals surface area contributed by atoms with Crippen molar-refractivity contribution in [1.29, 1.82) is 0 Å². The van der Waals surface area contributed by atoms with E-state index in [0.717, 1.165) is 31.2 Å². The molecule has 1 aliphatic rings. The number of likely N-dealkylation sites (tertiary alicyclic amines) is 1. The van der Waals surface area contributed by atoms with Crippen LogP contribution in [0.3, 0.4) is 0 Å². The maximum absolute atomic E-state index is 12.4. The molecule has 7 nitrogen and oxygen atoms in total. The Kier molecular flexibility index (Phi) is 5.47. The smallest absolute Gasteiger partial charge is 0.336 e. The van der Waals surface area contributed by atoms with Gasteiger partial charge in [-0.25, -0.2) is 8.42 Å². The number of carbonyl (C=O) groups is 1. The molecule has 1 aliphatic heterocycles. The van der Waals surface area contributed by atoms with Gasteiger partial charge in [0.15, 0.2) is 0 Å². The number of aromatic nitrogens is 2. The molecule has 1 fully saturated rings. The molecule has 0 unspecified atom stereocenters. The molecule has 1 aromatic carbocycles. The molecule has 1 saturated heterocycles. The predicted octanol–water partition coefficient (Wildman–Crippen LogP) is 1.84. The van der Waals surface area contributed by atoms with Gasteiger partial charge in [0, 0.05) is 13.1 Å². The Balaban J connectivity index is 1.66. The fraction of sp³-hybridized carbons (Fsp3) is 0.471. The third-order valence-corrected chi connectivity index (χ3v) is 5.51. The van der Waals surface area contributed by atoms with E-state index in [2.05, 4.69) is 10.2 Å². The fourth-order valence-electron chi connectivity index (χ4n) is 2.84. The number of hydrogen-bond acceptors (Lipinski definition) is 6. The Labute approximate surface area is 147 Å². The minimum atomic E-state index is -3.92. The van der Waals surface area contributed by atoms with Crippen LogP contribution >= 0.6 is 0 Å². The normalized spacial score (nSPS) is 15.8. The Morgan fingerprint density at radius 2 is 1.72 bits per heavy atom. The Morgan fingerprint density at radius 1 is 1.04 bits per heavy atom. The third-order valence-electron chi connectivity index (χ3n) is 4.18. The summed E-state index contributed by atoms with van der Waals surface area (Å²) in [6, 6.07) is 9.43. The number of sulfone groups is 1. The molecular formula is C17H21N3O4S. The summed E-state index contributed by atoms with van der Waals surface area (Å²) < 4.78 is 30.1. The van der Waals surface area contributed by atoms with Crippen LogP contribution in [0.4, 0.5) is 0 Å². The summed E-state index contributed by atoms with van der Waals surface area (Å²) in [5.74, 6) is -0.809. The van der Waals surface area contributed by atoms with E-state index in [1.807, 2.05) is 30.3 Å². The van der Waals surface area contributed by atoms with E-state index >= 15 is 0 Å². The summed E-state index contributed by atoms with van der Waals surface area (Å²) in [5, 5.41) is 6.93. The number of nitrogens with zero attached hydrogens (tertiary/aromatic N) is 3. The van der Waals surface area contributed by atoms with Crippen molar-refractivity contribution in [3.63, 3.8) is 0 Å². The summed E-state index contributed by atoms with van der Waals surface area (Å²) >= 11 is 0. The first kappa shape index (κ1) is 17.6. The van der Waals surface area contributed by atoms with Crippen LogP contribution in [0.1, 0.15) is 37.1 Å². The second kappa shape index (κ2) is 7.77. The maximum Gasteiger partial charge on any atom is 0.336 e. The molecule has 2 aromatic rings. The molecule has 0 bridgehead atoms. The molecule has 0 aliphatic carbocycles. The monoisotopic (exact) mass is 363 g/mol. The molecule has 0 atom stereocenters. The van der Waals surface area contributed by atoms with Crippen molar-refractivity contribution in [3.05, 3.63) is 41.8 Å². The molecule has 0 spiro atoms. The van der Waals surface area contributed by atoms with Crippen molar-refractivity contribution in [2.24, 2.45) is 0 Å². The van der Waals surface area contributed by atoms with Crippen molar-refractivity contribution in [2.45, 2.75) is 37.3 Å². The summed E-state index contributed by atoms with van der Waals surface area (Å²) in [4.78, 5) is 13.9. The lowest BCUT2D eigenvalue weighted by Gasteiger charge is -2.19. The SMILES string of the molecule is O=C(CS(=O)(=O)c1nnc(Cc2ccccc2)o1)N1CCCCCC1. The van der Waals surface area contributed by atoms with Gasteiger partial charge in [-0.05, 0) is 18.4 Å². The third kappa shape index (κ3) is 4.66. The zero-order valence-corrected chi connectivity index (χ0v) is 14.7. The predicted molar refractivity (Wildman–Crippen MR) is 90.6 cm³/mol. The van der Waals surface area contributed by atoms with Crippen LogP contribution in [0.5, 0.6) is 0 Å². The fourth-order valence-corrected chi connectivity index (χ4v) is 3.86. The Hall–Kier alpha value is -2.22. The highest BCUT2D eigenvalue weighted by molar-refractivity contribution is 7.91. The number of rotatable bonds is 5. The first-order valence-electron chi connectivity index (χ1n) is 8.41. The summed E-state index contributed by atoms with van der Waals surface area (Å²) in [5.41, 5.74) is 0.941. The van der Waals surface area contributed by atoms with Crippen LogP contribution in [-0.4, -0.2) is 48.3 Å². The van der Waals surface area contributed by atoms with Crippen molar-refractivity contribution in [1.82, 2.24) is 15.1 Å². The molecular weight excluding hydrogens is 342 g/mol. The lowest BCUT2D eigenvalue weighted by Crippen LogP contribution is -2.36. The van der Waals surface area contributed by atoms with Gasteiger partial charge < -0.3 is 9.32 Å². The van der Waals surface area contributed by atoms with Crippen molar-refractivity contribution in [3.8, 4) is 0 Å². The van der Waals surface area contributed by atoms with Crippen LogP contribution in [0.25, 0.3) is 0 Å². The Morgan fingerprint density at radius 3 is 2.40 bits per heavy atom. The van der Waals surface area contributed by atoms with Gasteiger partial charge in [-0.1, -0.05) is 48.3 Å². The highest BCUT2D eigenvalue weighted by Gasteiger charge is 2.28. The number of amides is 1. The minimum absolute atomic E-state index is 0.215. The van der Waals surface area contributed by atoms with Crippen molar-refractivity contribution < 1.29 is 17.6 Å². The molecule has 2 heterocycles. The topological polar surface area (TPSA) is 93.4 Å². The molecule has 25 heavy (non-hydrogen) atoms. The van der Waals surface area contributed by atoms with Gasteiger partial charge in [0.1, 0.15) is 5.75 Å². The first-order valence-corrected chi connectivity index (χ1v) is 10.1. The van der Waals surface area contributed by atoms with Crippen LogP contribution in [0, 0.1) is 0 Å². The van der Waals surface area contributed by atoms with Gasteiger partial charge in [-0.15, -0.1) is 5.10 Å². The molecule has 1 amide bonds. The average molecular weight is 363 g/mol.